The number of aliphatic carboxylic acids is 1. The molecule has 6 nitrogen and oxygen atoms in total. The summed E-state index contributed by atoms with van der Waals surface area (Å²) < 4.78 is 0. The van der Waals surface area contributed by atoms with Crippen LogP contribution in [0.3, 0.4) is 0 Å². The number of aromatic amines is 1. The normalized spacial score (nSPS) is 12.4. The second-order valence-electron chi connectivity index (χ2n) is 5.25. The molecule has 0 aliphatic rings. The lowest BCUT2D eigenvalue weighted by atomic mass is 10.0. The third kappa shape index (κ3) is 3.12. The Bertz CT molecular complexity index is 751. The molecule has 0 unspecified atom stereocenters. The highest BCUT2D eigenvalue weighted by Gasteiger charge is 2.28. The van der Waals surface area contributed by atoms with Crippen LogP contribution in [0.4, 0.5) is 0 Å². The number of carbonyl (C=O) groups excluding carboxylic acids is 2. The van der Waals surface area contributed by atoms with Gasteiger partial charge in [0.25, 0.3) is 11.7 Å². The van der Waals surface area contributed by atoms with Crippen molar-refractivity contribution in [1.82, 2.24) is 10.3 Å². The number of hydrogen-bond donors (Lipinski definition) is 3. The molecule has 1 amide bonds. The molecule has 0 fully saturated rings. The molecule has 0 saturated heterocycles. The van der Waals surface area contributed by atoms with Gasteiger partial charge in [-0.3, -0.25) is 9.59 Å². The number of benzene rings is 1. The predicted molar refractivity (Wildman–Crippen MR) is 82.0 cm³/mol. The first-order valence-electron chi connectivity index (χ1n) is 6.66. The fourth-order valence-electron chi connectivity index (χ4n) is 2.12. The van der Waals surface area contributed by atoms with E-state index < -0.39 is 23.7 Å². The Balaban J connectivity index is 2.28. The highest BCUT2D eigenvalue weighted by atomic mass is 35.5. The van der Waals surface area contributed by atoms with Crippen molar-refractivity contribution in [2.24, 2.45) is 5.92 Å². The lowest BCUT2D eigenvalue weighted by Gasteiger charge is -2.17. The van der Waals surface area contributed by atoms with Crippen LogP contribution < -0.4 is 5.32 Å². The van der Waals surface area contributed by atoms with E-state index in [2.05, 4.69) is 10.3 Å². The fourth-order valence-corrected chi connectivity index (χ4v) is 2.30. The van der Waals surface area contributed by atoms with Gasteiger partial charge < -0.3 is 15.4 Å². The van der Waals surface area contributed by atoms with Gasteiger partial charge in [-0.2, -0.15) is 0 Å². The second kappa shape index (κ2) is 6.19. The number of Topliss-reactive ketones (excluding diaryl/α,β-unsaturated/α-hetero) is 1. The quantitative estimate of drug-likeness (QED) is 0.580. The summed E-state index contributed by atoms with van der Waals surface area (Å²) in [6.07, 6.45) is 1.41. The molecular weight excluding hydrogens is 308 g/mol. The molecule has 7 heteroatoms. The summed E-state index contributed by atoms with van der Waals surface area (Å²) in [4.78, 5) is 38.2. The van der Waals surface area contributed by atoms with Gasteiger partial charge in [0.2, 0.25) is 0 Å². The molecule has 1 aromatic heterocycles. The van der Waals surface area contributed by atoms with E-state index in [9.17, 15) is 14.4 Å². The summed E-state index contributed by atoms with van der Waals surface area (Å²) in [5, 5.41) is 12.3. The summed E-state index contributed by atoms with van der Waals surface area (Å²) in [5.41, 5.74) is 0.821. The monoisotopic (exact) mass is 322 g/mol. The zero-order valence-electron chi connectivity index (χ0n) is 12.0. The molecule has 1 heterocycles. The maximum Gasteiger partial charge on any atom is 0.326 e. The molecule has 1 aromatic carbocycles. The van der Waals surface area contributed by atoms with Gasteiger partial charge in [-0.25, -0.2) is 4.79 Å². The van der Waals surface area contributed by atoms with Gasteiger partial charge in [0.1, 0.15) is 6.04 Å². The predicted octanol–water partition coefficient (Wildman–Crippen LogP) is 2.23. The second-order valence-corrected chi connectivity index (χ2v) is 5.69. The van der Waals surface area contributed by atoms with Crippen LogP contribution in [0.1, 0.15) is 24.2 Å². The summed E-state index contributed by atoms with van der Waals surface area (Å²) in [7, 11) is 0. The maximum atomic E-state index is 12.2. The Hall–Kier alpha value is -2.34. The SMILES string of the molecule is CC(C)[C@@H](NC(=O)C(=O)c1c[nH]c2ccc(Cl)cc12)C(=O)O. The van der Waals surface area contributed by atoms with E-state index in [-0.39, 0.29) is 11.5 Å². The highest BCUT2D eigenvalue weighted by molar-refractivity contribution is 6.45. The molecule has 0 spiro atoms. The van der Waals surface area contributed by atoms with E-state index >= 15 is 0 Å². The molecule has 0 aliphatic carbocycles. The van der Waals surface area contributed by atoms with Crippen LogP contribution in [0, 0.1) is 5.92 Å². The molecule has 0 radical (unpaired) electrons. The summed E-state index contributed by atoms with van der Waals surface area (Å²) in [6, 6.07) is 3.81. The largest absolute Gasteiger partial charge is 0.480 e. The first kappa shape index (κ1) is 16.0. The Morgan fingerprint density at radius 3 is 2.55 bits per heavy atom. The molecule has 1 atom stereocenters. The van der Waals surface area contributed by atoms with Crippen molar-refractivity contribution in [3.05, 3.63) is 35.0 Å². The van der Waals surface area contributed by atoms with Crippen LogP contribution in [0.5, 0.6) is 0 Å². The van der Waals surface area contributed by atoms with Gasteiger partial charge in [0.15, 0.2) is 0 Å². The average molecular weight is 323 g/mol. The number of H-pyrrole nitrogens is 1. The molecule has 0 aliphatic heterocycles. The van der Waals surface area contributed by atoms with E-state index in [1.807, 2.05) is 0 Å². The van der Waals surface area contributed by atoms with E-state index in [0.717, 1.165) is 0 Å². The van der Waals surface area contributed by atoms with Crippen molar-refractivity contribution < 1.29 is 19.5 Å². The zero-order valence-corrected chi connectivity index (χ0v) is 12.8. The number of carboxylic acids is 1. The number of rotatable bonds is 5. The first-order chi connectivity index (χ1) is 10.3. The average Bonchev–Trinajstić information content (AvgIpc) is 2.85. The van der Waals surface area contributed by atoms with Crippen LogP contribution in [-0.2, 0) is 9.59 Å². The van der Waals surface area contributed by atoms with Crippen molar-refractivity contribution in [2.75, 3.05) is 0 Å². The molecule has 2 rings (SSSR count). The maximum absolute atomic E-state index is 12.2. The Kier molecular flexibility index (Phi) is 4.51. The van der Waals surface area contributed by atoms with E-state index in [1.165, 1.54) is 6.20 Å². The third-order valence-corrected chi connectivity index (χ3v) is 3.55. The van der Waals surface area contributed by atoms with Gasteiger partial charge in [0.05, 0.1) is 5.56 Å². The van der Waals surface area contributed by atoms with Crippen LogP contribution in [0.2, 0.25) is 5.02 Å². The standard InChI is InChI=1S/C15H15ClN2O4/c1-7(2)12(15(21)22)18-14(20)13(19)10-6-17-11-4-3-8(16)5-9(10)11/h3-7,12,17H,1-2H3,(H,18,20)(H,21,22)/t12-/m1/s1. The Morgan fingerprint density at radius 2 is 1.95 bits per heavy atom. The minimum Gasteiger partial charge on any atom is -0.480 e. The van der Waals surface area contributed by atoms with Crippen LogP contribution in [0.25, 0.3) is 10.9 Å². The Morgan fingerprint density at radius 1 is 1.27 bits per heavy atom. The van der Waals surface area contributed by atoms with Gasteiger partial charge in [0, 0.05) is 22.1 Å². The Labute approximate surface area is 131 Å². The van der Waals surface area contributed by atoms with Crippen molar-refractivity contribution in [1.29, 1.82) is 0 Å². The van der Waals surface area contributed by atoms with Gasteiger partial charge in [-0.15, -0.1) is 0 Å². The van der Waals surface area contributed by atoms with Gasteiger partial charge in [-0.05, 0) is 24.1 Å². The first-order valence-corrected chi connectivity index (χ1v) is 7.03. The van der Waals surface area contributed by atoms with Crippen molar-refractivity contribution in [2.45, 2.75) is 19.9 Å². The third-order valence-electron chi connectivity index (χ3n) is 3.31. The molecule has 0 saturated carbocycles. The smallest absolute Gasteiger partial charge is 0.326 e. The highest BCUT2D eigenvalue weighted by Crippen LogP contribution is 2.22. The number of carbonyl (C=O) groups is 3. The number of carboxylic acid groups (broad SMARTS) is 1. The lowest BCUT2D eigenvalue weighted by molar-refractivity contribution is -0.142. The number of ketones is 1. The number of hydrogen-bond acceptors (Lipinski definition) is 3. The van der Waals surface area contributed by atoms with Crippen molar-refractivity contribution in [3.63, 3.8) is 0 Å². The molecule has 0 bridgehead atoms. The van der Waals surface area contributed by atoms with E-state index in [1.54, 1.807) is 32.0 Å². The molecule has 22 heavy (non-hydrogen) atoms. The summed E-state index contributed by atoms with van der Waals surface area (Å²) >= 11 is 5.90. The molecule has 3 N–H and O–H groups in total. The summed E-state index contributed by atoms with van der Waals surface area (Å²) in [5.74, 6) is -3.29. The van der Waals surface area contributed by atoms with Crippen LogP contribution in [0.15, 0.2) is 24.4 Å². The van der Waals surface area contributed by atoms with Crippen molar-refractivity contribution in [3.8, 4) is 0 Å². The van der Waals surface area contributed by atoms with E-state index in [4.69, 9.17) is 16.7 Å². The minimum atomic E-state index is -1.18. The number of nitrogens with one attached hydrogen (secondary N) is 2. The number of aromatic nitrogens is 1. The molecular formula is C15H15ClN2O4. The van der Waals surface area contributed by atoms with Crippen molar-refractivity contribution >= 4 is 40.2 Å². The van der Waals surface area contributed by atoms with Gasteiger partial charge in [-0.1, -0.05) is 25.4 Å². The summed E-state index contributed by atoms with van der Waals surface area (Å²) in [6.45, 7) is 3.30. The van der Waals surface area contributed by atoms with Crippen LogP contribution in [-0.4, -0.2) is 33.8 Å². The minimum absolute atomic E-state index is 0.155. The van der Waals surface area contributed by atoms with Crippen LogP contribution >= 0.6 is 11.6 Å². The fraction of sp³-hybridized carbons (Fsp3) is 0.267. The number of fused-ring (bicyclic) bond motifs is 1. The molecule has 116 valence electrons. The number of halogens is 1. The van der Waals surface area contributed by atoms with Gasteiger partial charge >= 0.3 is 5.97 Å². The topological polar surface area (TPSA) is 99.3 Å². The number of amides is 1. The lowest BCUT2D eigenvalue weighted by Crippen LogP contribution is -2.46. The molecule has 2 aromatic rings. The van der Waals surface area contributed by atoms with E-state index in [0.29, 0.717) is 15.9 Å². The zero-order chi connectivity index (χ0) is 16.4.